The lowest BCUT2D eigenvalue weighted by Gasteiger charge is -2.23. The standard InChI is InChI=1S/C19H16ClN3O/c20-16-7-4-8-17(12-16)22-19(24)23(18-9-2-1-3-10-18)14-15-6-5-11-21-13-15/h1-13H,14H2,(H,22,24). The summed E-state index contributed by atoms with van der Waals surface area (Å²) < 4.78 is 0. The number of halogens is 1. The highest BCUT2D eigenvalue weighted by Crippen LogP contribution is 2.20. The van der Waals surface area contributed by atoms with Gasteiger partial charge in [-0.05, 0) is 42.0 Å². The Morgan fingerprint density at radius 3 is 2.58 bits per heavy atom. The largest absolute Gasteiger partial charge is 0.326 e. The number of rotatable bonds is 4. The number of para-hydroxylation sites is 1. The number of benzene rings is 2. The lowest BCUT2D eigenvalue weighted by atomic mass is 10.2. The van der Waals surface area contributed by atoms with Gasteiger partial charge >= 0.3 is 6.03 Å². The van der Waals surface area contributed by atoms with Crippen molar-refractivity contribution in [1.29, 1.82) is 0 Å². The molecule has 0 unspecified atom stereocenters. The van der Waals surface area contributed by atoms with Gasteiger partial charge < -0.3 is 5.32 Å². The second-order valence-electron chi connectivity index (χ2n) is 5.22. The smallest absolute Gasteiger partial charge is 0.307 e. The van der Waals surface area contributed by atoms with Crippen LogP contribution in [0.15, 0.2) is 79.1 Å². The van der Waals surface area contributed by atoms with E-state index in [0.717, 1.165) is 11.3 Å². The van der Waals surface area contributed by atoms with Crippen molar-refractivity contribution >= 4 is 29.0 Å². The molecule has 3 rings (SSSR count). The van der Waals surface area contributed by atoms with Crippen LogP contribution in [0.4, 0.5) is 16.2 Å². The number of carbonyl (C=O) groups is 1. The first-order chi connectivity index (χ1) is 11.7. The molecule has 2 amide bonds. The molecule has 2 aromatic carbocycles. The average molecular weight is 338 g/mol. The van der Waals surface area contributed by atoms with E-state index in [0.29, 0.717) is 17.3 Å². The molecule has 1 aromatic heterocycles. The quantitative estimate of drug-likeness (QED) is 0.730. The molecule has 4 nitrogen and oxygen atoms in total. The summed E-state index contributed by atoms with van der Waals surface area (Å²) in [6.07, 6.45) is 3.46. The predicted molar refractivity (Wildman–Crippen MR) is 97.3 cm³/mol. The van der Waals surface area contributed by atoms with E-state index in [-0.39, 0.29) is 6.03 Å². The van der Waals surface area contributed by atoms with Gasteiger partial charge in [0.25, 0.3) is 0 Å². The van der Waals surface area contributed by atoms with Gasteiger partial charge in [0, 0.05) is 28.8 Å². The lowest BCUT2D eigenvalue weighted by Crippen LogP contribution is -2.34. The summed E-state index contributed by atoms with van der Waals surface area (Å²) in [5.74, 6) is 0. The van der Waals surface area contributed by atoms with E-state index in [9.17, 15) is 4.79 Å². The topological polar surface area (TPSA) is 45.2 Å². The van der Waals surface area contributed by atoms with Gasteiger partial charge in [-0.3, -0.25) is 9.88 Å². The van der Waals surface area contributed by atoms with E-state index >= 15 is 0 Å². The molecule has 120 valence electrons. The van der Waals surface area contributed by atoms with Gasteiger partial charge in [0.15, 0.2) is 0 Å². The van der Waals surface area contributed by atoms with Gasteiger partial charge in [0.05, 0.1) is 6.54 Å². The van der Waals surface area contributed by atoms with Crippen molar-refractivity contribution in [3.05, 3.63) is 89.7 Å². The Balaban J connectivity index is 1.85. The highest BCUT2D eigenvalue weighted by atomic mass is 35.5. The summed E-state index contributed by atoms with van der Waals surface area (Å²) in [5, 5.41) is 3.46. The molecule has 0 spiro atoms. The molecule has 0 aliphatic heterocycles. The molecule has 3 aromatic rings. The van der Waals surface area contributed by atoms with E-state index < -0.39 is 0 Å². The summed E-state index contributed by atoms with van der Waals surface area (Å²) in [6, 6.07) is 20.2. The zero-order valence-electron chi connectivity index (χ0n) is 12.9. The predicted octanol–water partition coefficient (Wildman–Crippen LogP) is 4.97. The number of carbonyl (C=O) groups excluding carboxylic acids is 1. The number of hydrogen-bond donors (Lipinski definition) is 1. The fraction of sp³-hybridized carbons (Fsp3) is 0.0526. The Hall–Kier alpha value is -2.85. The maximum atomic E-state index is 12.8. The molecule has 1 N–H and O–H groups in total. The number of nitrogens with zero attached hydrogens (tertiary/aromatic N) is 2. The van der Waals surface area contributed by atoms with Crippen molar-refractivity contribution in [2.45, 2.75) is 6.54 Å². The zero-order valence-corrected chi connectivity index (χ0v) is 13.6. The van der Waals surface area contributed by atoms with Crippen molar-refractivity contribution in [3.63, 3.8) is 0 Å². The highest BCUT2D eigenvalue weighted by Gasteiger charge is 2.16. The molecule has 0 aliphatic carbocycles. The second kappa shape index (κ2) is 7.62. The molecule has 0 radical (unpaired) electrons. The van der Waals surface area contributed by atoms with Crippen molar-refractivity contribution in [2.75, 3.05) is 10.2 Å². The minimum absolute atomic E-state index is 0.229. The molecule has 0 aliphatic rings. The number of amides is 2. The Morgan fingerprint density at radius 2 is 1.88 bits per heavy atom. The normalized spacial score (nSPS) is 10.2. The minimum Gasteiger partial charge on any atom is -0.307 e. The van der Waals surface area contributed by atoms with Crippen LogP contribution >= 0.6 is 11.6 Å². The van der Waals surface area contributed by atoms with Crippen LogP contribution in [0.25, 0.3) is 0 Å². The fourth-order valence-corrected chi connectivity index (χ4v) is 2.51. The third kappa shape index (κ3) is 4.12. The number of hydrogen-bond acceptors (Lipinski definition) is 2. The van der Waals surface area contributed by atoms with Crippen molar-refractivity contribution < 1.29 is 4.79 Å². The van der Waals surface area contributed by atoms with Gasteiger partial charge in [-0.2, -0.15) is 0 Å². The Labute approximate surface area is 145 Å². The van der Waals surface area contributed by atoms with Crippen LogP contribution in [0.1, 0.15) is 5.56 Å². The van der Waals surface area contributed by atoms with Gasteiger partial charge in [-0.1, -0.05) is 41.9 Å². The van der Waals surface area contributed by atoms with E-state index in [4.69, 9.17) is 11.6 Å². The van der Waals surface area contributed by atoms with E-state index in [1.807, 2.05) is 42.5 Å². The van der Waals surface area contributed by atoms with Gasteiger partial charge in [-0.15, -0.1) is 0 Å². The molecular weight excluding hydrogens is 322 g/mol. The van der Waals surface area contributed by atoms with Gasteiger partial charge in [0.2, 0.25) is 0 Å². The molecule has 24 heavy (non-hydrogen) atoms. The van der Waals surface area contributed by atoms with E-state index in [2.05, 4.69) is 10.3 Å². The molecule has 0 saturated carbocycles. The molecule has 0 fully saturated rings. The second-order valence-corrected chi connectivity index (χ2v) is 5.66. The minimum atomic E-state index is -0.229. The molecule has 0 bridgehead atoms. The van der Waals surface area contributed by atoms with Crippen molar-refractivity contribution in [2.24, 2.45) is 0 Å². The fourth-order valence-electron chi connectivity index (χ4n) is 2.32. The third-order valence-electron chi connectivity index (χ3n) is 3.45. The number of urea groups is 1. The van der Waals surface area contributed by atoms with Crippen LogP contribution in [0, 0.1) is 0 Å². The maximum Gasteiger partial charge on any atom is 0.326 e. The van der Waals surface area contributed by atoms with Crippen LogP contribution < -0.4 is 10.2 Å². The first kappa shape index (κ1) is 16.0. The number of anilines is 2. The van der Waals surface area contributed by atoms with E-state index in [1.165, 1.54) is 0 Å². The van der Waals surface area contributed by atoms with Crippen LogP contribution in [0.2, 0.25) is 5.02 Å². The van der Waals surface area contributed by atoms with E-state index in [1.54, 1.807) is 41.6 Å². The number of aromatic nitrogens is 1. The Morgan fingerprint density at radius 1 is 1.04 bits per heavy atom. The number of pyridine rings is 1. The molecule has 1 heterocycles. The first-order valence-corrected chi connectivity index (χ1v) is 7.88. The molecule has 0 saturated heterocycles. The molecule has 5 heteroatoms. The molecule has 0 atom stereocenters. The Bertz CT molecular complexity index is 809. The monoisotopic (exact) mass is 337 g/mol. The summed E-state index contributed by atoms with van der Waals surface area (Å²) in [6.45, 7) is 0.421. The van der Waals surface area contributed by atoms with Gasteiger partial charge in [-0.25, -0.2) is 4.79 Å². The van der Waals surface area contributed by atoms with Gasteiger partial charge in [0.1, 0.15) is 0 Å². The van der Waals surface area contributed by atoms with Crippen LogP contribution in [-0.2, 0) is 6.54 Å². The Kier molecular flexibility index (Phi) is 5.08. The lowest BCUT2D eigenvalue weighted by molar-refractivity contribution is 0.256. The summed E-state index contributed by atoms with van der Waals surface area (Å²) in [7, 11) is 0. The van der Waals surface area contributed by atoms with Crippen molar-refractivity contribution in [1.82, 2.24) is 4.98 Å². The molecular formula is C19H16ClN3O. The third-order valence-corrected chi connectivity index (χ3v) is 3.69. The summed E-state index contributed by atoms with van der Waals surface area (Å²) >= 11 is 5.98. The van der Waals surface area contributed by atoms with Crippen LogP contribution in [0.3, 0.4) is 0 Å². The van der Waals surface area contributed by atoms with Crippen LogP contribution in [-0.4, -0.2) is 11.0 Å². The van der Waals surface area contributed by atoms with Crippen LogP contribution in [0.5, 0.6) is 0 Å². The SMILES string of the molecule is O=C(Nc1cccc(Cl)c1)N(Cc1cccnc1)c1ccccc1. The highest BCUT2D eigenvalue weighted by molar-refractivity contribution is 6.30. The van der Waals surface area contributed by atoms with Crippen molar-refractivity contribution in [3.8, 4) is 0 Å². The zero-order chi connectivity index (χ0) is 16.8. The summed E-state index contributed by atoms with van der Waals surface area (Å²) in [5.41, 5.74) is 2.41. The first-order valence-electron chi connectivity index (χ1n) is 7.50. The summed E-state index contributed by atoms with van der Waals surface area (Å²) in [4.78, 5) is 18.6. The average Bonchev–Trinajstić information content (AvgIpc) is 2.61. The number of nitrogens with one attached hydrogen (secondary N) is 1. The maximum absolute atomic E-state index is 12.8.